The highest BCUT2D eigenvalue weighted by Crippen LogP contribution is 2.26. The molecule has 0 atom stereocenters. The van der Waals surface area contributed by atoms with E-state index in [-0.39, 0.29) is 0 Å². The minimum Gasteiger partial charge on any atom is -0.494 e. The van der Waals surface area contributed by atoms with Crippen molar-refractivity contribution >= 4 is 23.9 Å². The number of carbonyl (C=O) groups is 4. The lowest BCUT2D eigenvalue weighted by Gasteiger charge is -2.11. The molecule has 47 heavy (non-hydrogen) atoms. The van der Waals surface area contributed by atoms with Crippen molar-refractivity contribution in [3.05, 3.63) is 109 Å². The Morgan fingerprint density at radius 2 is 0.979 bits per heavy atom. The van der Waals surface area contributed by atoms with Crippen LogP contribution in [0.2, 0.25) is 0 Å². The summed E-state index contributed by atoms with van der Waals surface area (Å²) in [6.45, 7) is 10.1. The molecular weight excluding hydrogens is 604 g/mol. The molecule has 0 aliphatic heterocycles. The normalized spacial score (nSPS) is 10.3. The van der Waals surface area contributed by atoms with E-state index in [2.05, 4.69) is 13.2 Å². The SMILES string of the molecule is C=CC(=O)OCCCCCCOc1ccc(C(=O)Oc2ccc(OC(=O)c3ccc(OCCCCOC(=O)C=C)cc3)c(C)c2)cc1. The molecule has 0 saturated heterocycles. The van der Waals surface area contributed by atoms with Gasteiger partial charge in [-0.1, -0.05) is 13.2 Å². The van der Waals surface area contributed by atoms with E-state index in [1.54, 1.807) is 73.7 Å². The molecule has 3 aromatic rings. The van der Waals surface area contributed by atoms with Gasteiger partial charge in [0.05, 0.1) is 37.6 Å². The Balaban J connectivity index is 1.38. The number of rotatable bonds is 20. The summed E-state index contributed by atoms with van der Waals surface area (Å²) < 4.78 is 32.3. The first-order valence-electron chi connectivity index (χ1n) is 15.4. The fourth-order valence-corrected chi connectivity index (χ4v) is 4.10. The summed E-state index contributed by atoms with van der Waals surface area (Å²) in [7, 11) is 0. The number of carbonyl (C=O) groups excluding carboxylic acids is 4. The molecule has 0 unspecified atom stereocenters. The molecule has 10 heteroatoms. The third-order valence-corrected chi connectivity index (χ3v) is 6.68. The smallest absolute Gasteiger partial charge is 0.343 e. The standard InChI is InChI=1S/C37H40O10/c1-4-34(38)44-24-9-7-6-8-22-42-30-16-12-28(13-17-30)36(40)46-32-20-21-33(27(3)26-32)47-37(41)29-14-18-31(19-15-29)43-23-10-11-25-45-35(39)5-2/h4-5,12-21,26H,1-2,6-11,22-25H2,3H3. The average Bonchev–Trinajstić information content (AvgIpc) is 3.08. The van der Waals surface area contributed by atoms with Crippen molar-refractivity contribution in [1.29, 1.82) is 0 Å². The van der Waals surface area contributed by atoms with Crippen molar-refractivity contribution in [2.45, 2.75) is 45.4 Å². The molecule has 3 aromatic carbocycles. The number of unbranched alkanes of at least 4 members (excludes halogenated alkanes) is 4. The van der Waals surface area contributed by atoms with E-state index in [1.807, 2.05) is 0 Å². The van der Waals surface area contributed by atoms with Gasteiger partial charge in [0.15, 0.2) is 0 Å². The van der Waals surface area contributed by atoms with E-state index in [9.17, 15) is 19.2 Å². The van der Waals surface area contributed by atoms with Gasteiger partial charge in [-0.3, -0.25) is 0 Å². The second-order valence-corrected chi connectivity index (χ2v) is 10.3. The minimum absolute atomic E-state index is 0.301. The maximum atomic E-state index is 12.7. The Morgan fingerprint density at radius 3 is 1.47 bits per heavy atom. The van der Waals surface area contributed by atoms with Crippen LogP contribution in [0.3, 0.4) is 0 Å². The predicted octanol–water partition coefficient (Wildman–Crippen LogP) is 6.99. The van der Waals surface area contributed by atoms with Gasteiger partial charge in [-0.25, -0.2) is 19.2 Å². The molecule has 0 N–H and O–H groups in total. The summed E-state index contributed by atoms with van der Waals surface area (Å²) in [6, 6.07) is 18.0. The van der Waals surface area contributed by atoms with Crippen LogP contribution in [0.4, 0.5) is 0 Å². The highest BCUT2D eigenvalue weighted by Gasteiger charge is 2.14. The van der Waals surface area contributed by atoms with Crippen LogP contribution >= 0.6 is 0 Å². The maximum Gasteiger partial charge on any atom is 0.343 e. The molecule has 0 aliphatic rings. The number of aryl methyl sites for hydroxylation is 1. The molecule has 248 valence electrons. The Kier molecular flexibility index (Phi) is 15.3. The molecule has 0 heterocycles. The monoisotopic (exact) mass is 644 g/mol. The van der Waals surface area contributed by atoms with E-state index in [4.69, 9.17) is 28.4 Å². The van der Waals surface area contributed by atoms with E-state index in [0.29, 0.717) is 79.0 Å². The predicted molar refractivity (Wildman–Crippen MR) is 175 cm³/mol. The van der Waals surface area contributed by atoms with Gasteiger partial charge in [0.2, 0.25) is 0 Å². The van der Waals surface area contributed by atoms with Gasteiger partial charge < -0.3 is 28.4 Å². The molecule has 0 spiro atoms. The van der Waals surface area contributed by atoms with Crippen LogP contribution in [0.15, 0.2) is 92.0 Å². The van der Waals surface area contributed by atoms with Gasteiger partial charge in [-0.05, 0) is 118 Å². The van der Waals surface area contributed by atoms with Gasteiger partial charge in [-0.15, -0.1) is 0 Å². The topological polar surface area (TPSA) is 124 Å². The van der Waals surface area contributed by atoms with Crippen molar-refractivity contribution in [2.75, 3.05) is 26.4 Å². The van der Waals surface area contributed by atoms with Gasteiger partial charge in [0.25, 0.3) is 0 Å². The van der Waals surface area contributed by atoms with Crippen LogP contribution in [0.1, 0.15) is 64.8 Å². The van der Waals surface area contributed by atoms with Crippen LogP contribution in [0.5, 0.6) is 23.0 Å². The largest absolute Gasteiger partial charge is 0.494 e. The molecule has 0 radical (unpaired) electrons. The van der Waals surface area contributed by atoms with Gasteiger partial charge in [0.1, 0.15) is 23.0 Å². The van der Waals surface area contributed by atoms with Gasteiger partial charge >= 0.3 is 23.9 Å². The number of hydrogen-bond donors (Lipinski definition) is 0. The molecule has 0 fully saturated rings. The first kappa shape index (κ1) is 36.1. The summed E-state index contributed by atoms with van der Waals surface area (Å²) in [6.07, 6.45) is 7.14. The Hall–Kier alpha value is -5.38. The Morgan fingerprint density at radius 1 is 0.553 bits per heavy atom. The summed E-state index contributed by atoms with van der Waals surface area (Å²) in [5, 5.41) is 0. The van der Waals surface area contributed by atoms with Crippen LogP contribution in [-0.2, 0) is 19.1 Å². The molecule has 0 bridgehead atoms. The van der Waals surface area contributed by atoms with Gasteiger partial charge in [-0.2, -0.15) is 0 Å². The lowest BCUT2D eigenvalue weighted by molar-refractivity contribution is -0.138. The quantitative estimate of drug-likeness (QED) is 0.0550. The Bertz CT molecular complexity index is 1490. The fourth-order valence-electron chi connectivity index (χ4n) is 4.10. The van der Waals surface area contributed by atoms with E-state index >= 15 is 0 Å². The van der Waals surface area contributed by atoms with E-state index in [1.165, 1.54) is 0 Å². The van der Waals surface area contributed by atoms with Crippen molar-refractivity contribution < 1.29 is 47.6 Å². The molecule has 0 aliphatic carbocycles. The average molecular weight is 645 g/mol. The van der Waals surface area contributed by atoms with Gasteiger partial charge in [0, 0.05) is 12.2 Å². The third-order valence-electron chi connectivity index (χ3n) is 6.68. The number of ether oxygens (including phenoxy) is 6. The molecule has 10 nitrogen and oxygen atoms in total. The summed E-state index contributed by atoms with van der Waals surface area (Å²) >= 11 is 0. The zero-order valence-corrected chi connectivity index (χ0v) is 26.6. The second kappa shape index (κ2) is 19.9. The summed E-state index contributed by atoms with van der Waals surface area (Å²) in [4.78, 5) is 47.4. The Labute approximate surface area is 274 Å². The molecule has 0 saturated carbocycles. The van der Waals surface area contributed by atoms with Crippen LogP contribution in [0.25, 0.3) is 0 Å². The van der Waals surface area contributed by atoms with E-state index in [0.717, 1.165) is 37.8 Å². The molecule has 3 rings (SSSR count). The zero-order valence-electron chi connectivity index (χ0n) is 26.6. The molecule has 0 amide bonds. The van der Waals surface area contributed by atoms with E-state index < -0.39 is 23.9 Å². The number of hydrogen-bond acceptors (Lipinski definition) is 10. The lowest BCUT2D eigenvalue weighted by Crippen LogP contribution is -2.11. The maximum absolute atomic E-state index is 12.7. The van der Waals surface area contributed by atoms with Crippen LogP contribution in [-0.4, -0.2) is 50.3 Å². The lowest BCUT2D eigenvalue weighted by atomic mass is 10.2. The van der Waals surface area contributed by atoms with Crippen LogP contribution in [0, 0.1) is 6.92 Å². The first-order valence-corrected chi connectivity index (χ1v) is 15.4. The molecular formula is C37H40O10. The van der Waals surface area contributed by atoms with Crippen molar-refractivity contribution in [1.82, 2.24) is 0 Å². The highest BCUT2D eigenvalue weighted by atomic mass is 16.5. The van der Waals surface area contributed by atoms with Crippen molar-refractivity contribution in [3.63, 3.8) is 0 Å². The van der Waals surface area contributed by atoms with Crippen LogP contribution < -0.4 is 18.9 Å². The minimum atomic E-state index is -0.540. The van der Waals surface area contributed by atoms with Crippen molar-refractivity contribution in [2.24, 2.45) is 0 Å². The fraction of sp³-hybridized carbons (Fsp3) is 0.297. The molecule has 0 aromatic heterocycles. The summed E-state index contributed by atoms with van der Waals surface area (Å²) in [5.41, 5.74) is 1.32. The summed E-state index contributed by atoms with van der Waals surface area (Å²) in [5.74, 6) is -0.0314. The number of benzene rings is 3. The second-order valence-electron chi connectivity index (χ2n) is 10.3. The van der Waals surface area contributed by atoms with Crippen molar-refractivity contribution in [3.8, 4) is 23.0 Å². The number of esters is 4. The third kappa shape index (κ3) is 13.2. The highest BCUT2D eigenvalue weighted by molar-refractivity contribution is 5.92. The zero-order chi connectivity index (χ0) is 33.9. The first-order chi connectivity index (χ1) is 22.8.